The third-order valence-electron chi connectivity index (χ3n) is 2.66. The van der Waals surface area contributed by atoms with Gasteiger partial charge in [0.15, 0.2) is 5.78 Å². The minimum atomic E-state index is -0.0523. The van der Waals surface area contributed by atoms with Gasteiger partial charge in [-0.2, -0.15) is 0 Å². The first-order valence-electron chi connectivity index (χ1n) is 5.19. The lowest BCUT2D eigenvalue weighted by Crippen LogP contribution is -2.02. The number of rotatable bonds is 2. The van der Waals surface area contributed by atoms with Gasteiger partial charge in [-0.15, -0.1) is 0 Å². The SMILES string of the molecule is Cc1cc(C)c2ncc(C(=O)CBr)c(Cl)c2c1. The third-order valence-corrected chi connectivity index (χ3v) is 3.58. The average Bonchev–Trinajstić information content (AvgIpc) is 2.29. The van der Waals surface area contributed by atoms with Crippen LogP contribution in [0.25, 0.3) is 10.9 Å². The van der Waals surface area contributed by atoms with Crippen molar-refractivity contribution in [3.05, 3.63) is 40.0 Å². The van der Waals surface area contributed by atoms with Crippen molar-refractivity contribution in [2.75, 3.05) is 5.33 Å². The lowest BCUT2D eigenvalue weighted by Gasteiger charge is -2.08. The summed E-state index contributed by atoms with van der Waals surface area (Å²) in [6.07, 6.45) is 1.55. The minimum absolute atomic E-state index is 0.0523. The second-order valence-electron chi connectivity index (χ2n) is 4.02. The van der Waals surface area contributed by atoms with Crippen LogP contribution in [0.15, 0.2) is 18.3 Å². The maximum absolute atomic E-state index is 11.7. The molecule has 0 aliphatic carbocycles. The number of aryl methyl sites for hydroxylation is 2. The number of Topliss-reactive ketones (excluding diaryl/α,β-unsaturated/α-hetero) is 1. The van der Waals surface area contributed by atoms with Crippen molar-refractivity contribution < 1.29 is 4.79 Å². The van der Waals surface area contributed by atoms with Crippen molar-refractivity contribution in [3.63, 3.8) is 0 Å². The molecule has 0 saturated heterocycles. The highest BCUT2D eigenvalue weighted by molar-refractivity contribution is 9.09. The molecule has 0 bridgehead atoms. The molecule has 0 atom stereocenters. The van der Waals surface area contributed by atoms with E-state index in [-0.39, 0.29) is 11.1 Å². The van der Waals surface area contributed by atoms with Gasteiger partial charge in [0.25, 0.3) is 0 Å². The normalized spacial score (nSPS) is 10.8. The van der Waals surface area contributed by atoms with Crippen molar-refractivity contribution in [2.24, 2.45) is 0 Å². The molecule has 1 aromatic carbocycles. The zero-order chi connectivity index (χ0) is 12.6. The quantitative estimate of drug-likeness (QED) is 0.618. The molecule has 1 aromatic heterocycles. The summed E-state index contributed by atoms with van der Waals surface area (Å²) in [7, 11) is 0. The molecule has 2 rings (SSSR count). The molecule has 0 amide bonds. The largest absolute Gasteiger partial charge is 0.293 e. The molecule has 0 radical (unpaired) electrons. The van der Waals surface area contributed by atoms with Gasteiger partial charge in [-0.3, -0.25) is 9.78 Å². The summed E-state index contributed by atoms with van der Waals surface area (Å²) in [5.41, 5.74) is 3.51. The zero-order valence-electron chi connectivity index (χ0n) is 9.55. The van der Waals surface area contributed by atoms with Gasteiger partial charge in [-0.25, -0.2) is 0 Å². The Morgan fingerprint density at radius 1 is 1.41 bits per heavy atom. The molecule has 0 unspecified atom stereocenters. The van der Waals surface area contributed by atoms with Crippen LogP contribution in [0.4, 0.5) is 0 Å². The molecule has 2 nitrogen and oxygen atoms in total. The van der Waals surface area contributed by atoms with Gasteiger partial charge in [0.05, 0.1) is 21.4 Å². The highest BCUT2D eigenvalue weighted by Crippen LogP contribution is 2.29. The summed E-state index contributed by atoms with van der Waals surface area (Å²) in [6.45, 7) is 3.99. The fourth-order valence-electron chi connectivity index (χ4n) is 1.90. The van der Waals surface area contributed by atoms with Gasteiger partial charge < -0.3 is 0 Å². The lowest BCUT2D eigenvalue weighted by molar-refractivity contribution is 0.102. The van der Waals surface area contributed by atoms with Gasteiger partial charge in [-0.05, 0) is 25.5 Å². The van der Waals surface area contributed by atoms with Crippen LogP contribution in [0.1, 0.15) is 21.5 Å². The third kappa shape index (κ3) is 2.22. The maximum Gasteiger partial charge on any atom is 0.176 e. The molecule has 0 spiro atoms. The van der Waals surface area contributed by atoms with Crippen molar-refractivity contribution in [2.45, 2.75) is 13.8 Å². The van der Waals surface area contributed by atoms with Gasteiger partial charge in [0.2, 0.25) is 0 Å². The predicted octanol–water partition coefficient (Wildman–Crippen LogP) is 4.08. The van der Waals surface area contributed by atoms with Crippen LogP contribution in [0.3, 0.4) is 0 Å². The molecular formula is C13H11BrClNO. The van der Waals surface area contributed by atoms with E-state index in [1.54, 1.807) is 6.20 Å². The second-order valence-corrected chi connectivity index (χ2v) is 4.96. The topological polar surface area (TPSA) is 30.0 Å². The Bertz CT molecular complexity index is 610. The summed E-state index contributed by atoms with van der Waals surface area (Å²) >= 11 is 9.42. The predicted molar refractivity (Wildman–Crippen MR) is 74.4 cm³/mol. The summed E-state index contributed by atoms with van der Waals surface area (Å²) in [4.78, 5) is 16.0. The molecule has 2 aromatic rings. The van der Waals surface area contributed by atoms with E-state index < -0.39 is 0 Å². The van der Waals surface area contributed by atoms with E-state index in [0.717, 1.165) is 22.0 Å². The smallest absolute Gasteiger partial charge is 0.176 e. The maximum atomic E-state index is 11.7. The van der Waals surface area contributed by atoms with Crippen molar-refractivity contribution in [1.29, 1.82) is 0 Å². The summed E-state index contributed by atoms with van der Waals surface area (Å²) < 4.78 is 0. The standard InChI is InChI=1S/C13H11BrClNO/c1-7-3-8(2)13-9(4-7)12(15)10(6-16-13)11(17)5-14/h3-4,6H,5H2,1-2H3. The minimum Gasteiger partial charge on any atom is -0.293 e. The first kappa shape index (κ1) is 12.5. The van der Waals surface area contributed by atoms with Crippen LogP contribution in [0.2, 0.25) is 5.02 Å². The van der Waals surface area contributed by atoms with Crippen molar-refractivity contribution in [3.8, 4) is 0 Å². The first-order chi connectivity index (χ1) is 8.04. The Labute approximate surface area is 113 Å². The van der Waals surface area contributed by atoms with Crippen molar-refractivity contribution >= 4 is 44.2 Å². The van der Waals surface area contributed by atoms with Gasteiger partial charge in [0, 0.05) is 11.6 Å². The number of pyridine rings is 1. The van der Waals surface area contributed by atoms with Crippen LogP contribution in [0, 0.1) is 13.8 Å². The van der Waals surface area contributed by atoms with E-state index >= 15 is 0 Å². The van der Waals surface area contributed by atoms with Crippen LogP contribution in [-0.4, -0.2) is 16.1 Å². The van der Waals surface area contributed by atoms with E-state index in [2.05, 4.69) is 27.0 Å². The van der Waals surface area contributed by atoms with E-state index in [1.807, 2.05) is 19.9 Å². The highest BCUT2D eigenvalue weighted by atomic mass is 79.9. The number of alkyl halides is 1. The molecular weight excluding hydrogens is 302 g/mol. The molecule has 0 aliphatic rings. The molecule has 0 fully saturated rings. The van der Waals surface area contributed by atoms with Crippen LogP contribution >= 0.6 is 27.5 Å². The molecule has 0 N–H and O–H groups in total. The van der Waals surface area contributed by atoms with Crippen molar-refractivity contribution in [1.82, 2.24) is 4.98 Å². The fourth-order valence-corrected chi connectivity index (χ4v) is 2.50. The number of fused-ring (bicyclic) bond motifs is 1. The van der Waals surface area contributed by atoms with Gasteiger partial charge in [0.1, 0.15) is 0 Å². The van der Waals surface area contributed by atoms with E-state index in [4.69, 9.17) is 11.6 Å². The van der Waals surface area contributed by atoms with Crippen LogP contribution < -0.4 is 0 Å². The Morgan fingerprint density at radius 2 is 2.12 bits per heavy atom. The van der Waals surface area contributed by atoms with Gasteiger partial charge in [-0.1, -0.05) is 39.2 Å². The number of ketones is 1. The van der Waals surface area contributed by atoms with Gasteiger partial charge >= 0.3 is 0 Å². The zero-order valence-corrected chi connectivity index (χ0v) is 11.9. The number of benzene rings is 1. The number of carbonyl (C=O) groups is 1. The average molecular weight is 313 g/mol. The molecule has 17 heavy (non-hydrogen) atoms. The Morgan fingerprint density at radius 3 is 2.76 bits per heavy atom. The van der Waals surface area contributed by atoms with E-state index in [0.29, 0.717) is 10.6 Å². The molecule has 0 saturated carbocycles. The molecule has 88 valence electrons. The summed E-state index contributed by atoms with van der Waals surface area (Å²) in [6, 6.07) is 4.01. The number of nitrogens with zero attached hydrogens (tertiary/aromatic N) is 1. The summed E-state index contributed by atoms with van der Waals surface area (Å²) in [5.74, 6) is -0.0523. The number of carbonyl (C=O) groups excluding carboxylic acids is 1. The fraction of sp³-hybridized carbons (Fsp3) is 0.231. The second kappa shape index (κ2) is 4.75. The molecule has 0 aliphatic heterocycles. The monoisotopic (exact) mass is 311 g/mol. The summed E-state index contributed by atoms with van der Waals surface area (Å²) in [5, 5.41) is 1.59. The van der Waals surface area contributed by atoms with E-state index in [1.165, 1.54) is 0 Å². The Hall–Kier alpha value is -0.930. The number of hydrogen-bond acceptors (Lipinski definition) is 2. The first-order valence-corrected chi connectivity index (χ1v) is 6.69. The molecule has 4 heteroatoms. The number of hydrogen-bond donors (Lipinski definition) is 0. The Kier molecular flexibility index (Phi) is 3.50. The molecule has 1 heterocycles. The lowest BCUT2D eigenvalue weighted by atomic mass is 10.0. The number of halogens is 2. The van der Waals surface area contributed by atoms with E-state index in [9.17, 15) is 4.79 Å². The van der Waals surface area contributed by atoms with Crippen LogP contribution in [0.5, 0.6) is 0 Å². The number of aromatic nitrogens is 1. The Balaban J connectivity index is 2.79. The van der Waals surface area contributed by atoms with Crippen LogP contribution in [-0.2, 0) is 0 Å². The highest BCUT2D eigenvalue weighted by Gasteiger charge is 2.14.